The molecule has 0 radical (unpaired) electrons. The summed E-state index contributed by atoms with van der Waals surface area (Å²) in [5.74, 6) is 1.40. The number of nitrogens with one attached hydrogen (secondary N) is 1. The predicted octanol–water partition coefficient (Wildman–Crippen LogP) is 2.39. The number of piperazine rings is 1. The highest BCUT2D eigenvalue weighted by atomic mass is 16.5. The zero-order valence-corrected chi connectivity index (χ0v) is 19.7. The zero-order chi connectivity index (χ0) is 23.9. The van der Waals surface area contributed by atoms with E-state index in [0.29, 0.717) is 55.5 Å². The van der Waals surface area contributed by atoms with Crippen molar-refractivity contribution in [3.63, 3.8) is 0 Å². The Morgan fingerprint density at radius 1 is 0.941 bits per heavy atom. The maximum atomic E-state index is 12.8. The van der Waals surface area contributed by atoms with Gasteiger partial charge in [0.15, 0.2) is 0 Å². The molecule has 9 heteroatoms. The molecule has 0 spiro atoms. The molecule has 2 aliphatic heterocycles. The number of anilines is 1. The molecule has 2 heterocycles. The van der Waals surface area contributed by atoms with Gasteiger partial charge in [-0.25, -0.2) is 4.79 Å². The topological polar surface area (TPSA) is 83.6 Å². The average molecular weight is 469 g/mol. The van der Waals surface area contributed by atoms with E-state index in [0.717, 1.165) is 19.6 Å². The van der Waals surface area contributed by atoms with Crippen molar-refractivity contribution in [1.29, 1.82) is 0 Å². The fourth-order valence-corrected chi connectivity index (χ4v) is 4.28. The summed E-state index contributed by atoms with van der Waals surface area (Å²) < 4.78 is 16.4. The summed E-state index contributed by atoms with van der Waals surface area (Å²) in [7, 11) is 3.20. The summed E-state index contributed by atoms with van der Waals surface area (Å²) in [5.41, 5.74) is 1.34. The van der Waals surface area contributed by atoms with E-state index in [1.165, 1.54) is 0 Å². The first-order chi connectivity index (χ1) is 16.6. The summed E-state index contributed by atoms with van der Waals surface area (Å²) in [6, 6.07) is 14.4. The van der Waals surface area contributed by atoms with Gasteiger partial charge < -0.3 is 29.3 Å². The van der Waals surface area contributed by atoms with Crippen molar-refractivity contribution in [2.75, 3.05) is 72.0 Å². The fourth-order valence-electron chi connectivity index (χ4n) is 4.28. The second kappa shape index (κ2) is 11.2. The number of benzene rings is 2. The Labute approximate surface area is 200 Å². The number of rotatable bonds is 6. The number of nitrogens with zero attached hydrogens (tertiary/aromatic N) is 3. The van der Waals surface area contributed by atoms with Crippen LogP contribution in [0.4, 0.5) is 10.5 Å². The number of urea groups is 1. The molecule has 2 fully saturated rings. The maximum Gasteiger partial charge on any atom is 0.322 e. The number of carbonyl (C=O) groups is 2. The highest BCUT2D eigenvalue weighted by molar-refractivity contribution is 5.94. The van der Waals surface area contributed by atoms with Gasteiger partial charge in [0.05, 0.1) is 26.9 Å². The molecule has 1 N–H and O–H groups in total. The van der Waals surface area contributed by atoms with Crippen molar-refractivity contribution >= 4 is 17.6 Å². The zero-order valence-electron chi connectivity index (χ0n) is 19.7. The first kappa shape index (κ1) is 23.8. The smallest absolute Gasteiger partial charge is 0.322 e. The number of methoxy groups -OCH3 is 2. The SMILES string of the molecule is COc1cccc(NC(=O)N2CCOC(CN3CCN(C(=O)c4cccc(OC)c4)CC3)C2)c1. The van der Waals surface area contributed by atoms with Gasteiger partial charge in [-0.1, -0.05) is 12.1 Å². The molecule has 0 bridgehead atoms. The molecule has 9 nitrogen and oxygen atoms in total. The minimum atomic E-state index is -0.143. The van der Waals surface area contributed by atoms with Crippen LogP contribution in [0, 0.1) is 0 Å². The van der Waals surface area contributed by atoms with Crippen molar-refractivity contribution in [1.82, 2.24) is 14.7 Å². The van der Waals surface area contributed by atoms with Gasteiger partial charge in [0.25, 0.3) is 5.91 Å². The van der Waals surface area contributed by atoms with Crippen LogP contribution in [0.3, 0.4) is 0 Å². The molecule has 182 valence electrons. The lowest BCUT2D eigenvalue weighted by molar-refractivity contribution is -0.0338. The Hall–Kier alpha value is -3.30. The molecule has 4 rings (SSSR count). The molecule has 1 atom stereocenters. The maximum absolute atomic E-state index is 12.8. The van der Waals surface area contributed by atoms with E-state index in [4.69, 9.17) is 14.2 Å². The minimum absolute atomic E-state index is 0.0212. The van der Waals surface area contributed by atoms with Gasteiger partial charge in [0.1, 0.15) is 11.5 Å². The molecule has 2 aromatic carbocycles. The first-order valence-electron chi connectivity index (χ1n) is 11.5. The largest absolute Gasteiger partial charge is 0.497 e. The molecule has 2 aliphatic rings. The minimum Gasteiger partial charge on any atom is -0.497 e. The molecule has 0 aliphatic carbocycles. The highest BCUT2D eigenvalue weighted by Crippen LogP contribution is 2.19. The third kappa shape index (κ3) is 5.98. The van der Waals surface area contributed by atoms with Crippen molar-refractivity contribution < 1.29 is 23.8 Å². The van der Waals surface area contributed by atoms with E-state index in [2.05, 4.69) is 10.2 Å². The van der Waals surface area contributed by atoms with Crippen LogP contribution in [-0.4, -0.2) is 99.4 Å². The summed E-state index contributed by atoms with van der Waals surface area (Å²) in [4.78, 5) is 31.6. The van der Waals surface area contributed by atoms with Gasteiger partial charge in [-0.2, -0.15) is 0 Å². The molecular weight excluding hydrogens is 436 g/mol. The summed E-state index contributed by atoms with van der Waals surface area (Å²) in [6.07, 6.45) is -0.0644. The van der Waals surface area contributed by atoms with Crippen LogP contribution in [0.25, 0.3) is 0 Å². The number of hydrogen-bond donors (Lipinski definition) is 1. The summed E-state index contributed by atoms with van der Waals surface area (Å²) in [6.45, 7) is 5.16. The van der Waals surface area contributed by atoms with Crippen LogP contribution in [0.5, 0.6) is 11.5 Å². The molecule has 0 saturated carbocycles. The number of ether oxygens (including phenoxy) is 3. The van der Waals surface area contributed by atoms with E-state index >= 15 is 0 Å². The van der Waals surface area contributed by atoms with E-state index in [-0.39, 0.29) is 18.0 Å². The molecule has 34 heavy (non-hydrogen) atoms. The summed E-state index contributed by atoms with van der Waals surface area (Å²) >= 11 is 0. The van der Waals surface area contributed by atoms with Gasteiger partial charge in [-0.3, -0.25) is 9.69 Å². The second-order valence-electron chi connectivity index (χ2n) is 8.43. The van der Waals surface area contributed by atoms with Crippen LogP contribution in [0.15, 0.2) is 48.5 Å². The molecule has 0 aromatic heterocycles. The Kier molecular flexibility index (Phi) is 7.87. The van der Waals surface area contributed by atoms with Crippen LogP contribution in [-0.2, 0) is 4.74 Å². The van der Waals surface area contributed by atoms with E-state index in [1.54, 1.807) is 31.3 Å². The van der Waals surface area contributed by atoms with Crippen molar-refractivity contribution in [2.45, 2.75) is 6.10 Å². The van der Waals surface area contributed by atoms with Crippen molar-refractivity contribution in [3.05, 3.63) is 54.1 Å². The molecule has 2 saturated heterocycles. The number of morpholine rings is 1. The first-order valence-corrected chi connectivity index (χ1v) is 11.5. The van der Waals surface area contributed by atoms with E-state index < -0.39 is 0 Å². The molecular formula is C25H32N4O5. The quantitative estimate of drug-likeness (QED) is 0.701. The fraction of sp³-hybridized carbons (Fsp3) is 0.440. The number of amides is 3. The Morgan fingerprint density at radius 2 is 1.65 bits per heavy atom. The highest BCUT2D eigenvalue weighted by Gasteiger charge is 2.28. The van der Waals surface area contributed by atoms with Crippen LogP contribution in [0.1, 0.15) is 10.4 Å². The summed E-state index contributed by atoms with van der Waals surface area (Å²) in [5, 5.41) is 2.94. The normalized spacial score (nSPS) is 18.9. The van der Waals surface area contributed by atoms with Gasteiger partial charge in [0.2, 0.25) is 0 Å². The van der Waals surface area contributed by atoms with Gasteiger partial charge >= 0.3 is 6.03 Å². The molecule has 2 aromatic rings. The lowest BCUT2D eigenvalue weighted by atomic mass is 10.1. The predicted molar refractivity (Wildman–Crippen MR) is 129 cm³/mol. The van der Waals surface area contributed by atoms with Gasteiger partial charge in [-0.05, 0) is 30.3 Å². The molecule has 1 unspecified atom stereocenters. The Morgan fingerprint density at radius 3 is 2.38 bits per heavy atom. The van der Waals surface area contributed by atoms with Crippen molar-refractivity contribution in [3.8, 4) is 11.5 Å². The third-order valence-corrected chi connectivity index (χ3v) is 6.19. The molecule has 3 amide bonds. The number of carbonyl (C=O) groups excluding carboxylic acids is 2. The second-order valence-corrected chi connectivity index (χ2v) is 8.43. The van der Waals surface area contributed by atoms with Crippen LogP contribution >= 0.6 is 0 Å². The van der Waals surface area contributed by atoms with Crippen LogP contribution in [0.2, 0.25) is 0 Å². The van der Waals surface area contributed by atoms with Gasteiger partial charge in [-0.15, -0.1) is 0 Å². The van der Waals surface area contributed by atoms with E-state index in [1.807, 2.05) is 41.3 Å². The van der Waals surface area contributed by atoms with Crippen molar-refractivity contribution in [2.24, 2.45) is 0 Å². The Balaban J connectivity index is 1.25. The Bertz CT molecular complexity index is 993. The van der Waals surface area contributed by atoms with E-state index in [9.17, 15) is 9.59 Å². The van der Waals surface area contributed by atoms with Gasteiger partial charge in [0, 0.05) is 63.1 Å². The lowest BCUT2D eigenvalue weighted by Gasteiger charge is -2.39. The third-order valence-electron chi connectivity index (χ3n) is 6.19. The van der Waals surface area contributed by atoms with Crippen LogP contribution < -0.4 is 14.8 Å². The standard InChI is InChI=1S/C25H32N4O5/c1-32-21-7-3-5-19(15-21)24(30)28-11-9-27(10-12-28)17-23-18-29(13-14-34-23)25(31)26-20-6-4-8-22(16-20)33-2/h3-8,15-16,23H,9-14,17-18H2,1-2H3,(H,26,31). The average Bonchev–Trinajstić information content (AvgIpc) is 2.89. The number of hydrogen-bond acceptors (Lipinski definition) is 6. The lowest BCUT2D eigenvalue weighted by Crippen LogP contribution is -2.54. The monoisotopic (exact) mass is 468 g/mol.